The molecule has 0 saturated heterocycles. The number of ether oxygens (including phenoxy) is 1. The van der Waals surface area contributed by atoms with E-state index < -0.39 is 0 Å². The molecule has 2 N–H and O–H groups in total. The summed E-state index contributed by atoms with van der Waals surface area (Å²) in [5, 5.41) is 7.99. The molecule has 3 rings (SSSR count). The van der Waals surface area contributed by atoms with Gasteiger partial charge in [-0.25, -0.2) is 4.68 Å². The minimum absolute atomic E-state index is 0.177. The van der Waals surface area contributed by atoms with Crippen molar-refractivity contribution < 1.29 is 4.74 Å². The minimum Gasteiger partial charge on any atom is -0.377 e. The van der Waals surface area contributed by atoms with Gasteiger partial charge in [0.1, 0.15) is 5.39 Å². The standard InChI is InChI=1S/C15H21N5O2/c1-15(2,3)20-12-11(9-17-20)13(21)19-14(18-12)16-8-10-4-6-22-7-5-10/h4,9H,5-8H2,1-3H3,(H2,16,18,19,21). The van der Waals surface area contributed by atoms with Crippen molar-refractivity contribution in [2.45, 2.75) is 32.7 Å². The molecule has 0 radical (unpaired) electrons. The molecule has 1 aliphatic rings. The Kier molecular flexibility index (Phi) is 3.74. The molecule has 0 spiro atoms. The Morgan fingerprint density at radius 1 is 1.45 bits per heavy atom. The molecule has 1 aliphatic heterocycles. The first kappa shape index (κ1) is 14.8. The summed E-state index contributed by atoms with van der Waals surface area (Å²) in [7, 11) is 0. The van der Waals surface area contributed by atoms with Gasteiger partial charge in [-0.15, -0.1) is 0 Å². The smallest absolute Gasteiger partial charge is 0.263 e. The Morgan fingerprint density at radius 3 is 2.95 bits per heavy atom. The third-order valence-electron chi connectivity index (χ3n) is 3.61. The summed E-state index contributed by atoms with van der Waals surface area (Å²) in [6.45, 7) is 8.14. The van der Waals surface area contributed by atoms with Crippen LogP contribution in [0.15, 0.2) is 22.6 Å². The Hall–Kier alpha value is -2.15. The maximum Gasteiger partial charge on any atom is 0.263 e. The minimum atomic E-state index is -0.233. The Labute approximate surface area is 128 Å². The van der Waals surface area contributed by atoms with Crippen molar-refractivity contribution >= 4 is 17.0 Å². The normalized spacial score (nSPS) is 15.9. The highest BCUT2D eigenvalue weighted by Gasteiger charge is 2.19. The van der Waals surface area contributed by atoms with E-state index in [-0.39, 0.29) is 11.1 Å². The highest BCUT2D eigenvalue weighted by Crippen LogP contribution is 2.18. The van der Waals surface area contributed by atoms with Gasteiger partial charge in [-0.05, 0) is 27.2 Å². The van der Waals surface area contributed by atoms with Crippen LogP contribution in [0.5, 0.6) is 0 Å². The molecule has 0 fully saturated rings. The first-order valence-electron chi connectivity index (χ1n) is 7.43. The van der Waals surface area contributed by atoms with Gasteiger partial charge in [-0.1, -0.05) is 11.6 Å². The molecule has 7 heteroatoms. The number of aromatic nitrogens is 4. The average Bonchev–Trinajstić information content (AvgIpc) is 2.91. The van der Waals surface area contributed by atoms with Crippen LogP contribution < -0.4 is 10.9 Å². The van der Waals surface area contributed by atoms with Gasteiger partial charge in [0.15, 0.2) is 5.65 Å². The molecule has 0 amide bonds. The van der Waals surface area contributed by atoms with Gasteiger partial charge in [0.25, 0.3) is 5.56 Å². The van der Waals surface area contributed by atoms with Crippen LogP contribution in [0.1, 0.15) is 27.2 Å². The molecule has 0 aromatic carbocycles. The fraction of sp³-hybridized carbons (Fsp3) is 0.533. The number of aromatic amines is 1. The maximum absolute atomic E-state index is 12.2. The number of nitrogens with one attached hydrogen (secondary N) is 2. The van der Waals surface area contributed by atoms with E-state index in [1.54, 1.807) is 10.9 Å². The van der Waals surface area contributed by atoms with Crippen LogP contribution in [0.3, 0.4) is 0 Å². The summed E-state index contributed by atoms with van der Waals surface area (Å²) in [6.07, 6.45) is 4.53. The van der Waals surface area contributed by atoms with Gasteiger partial charge in [0.2, 0.25) is 5.95 Å². The highest BCUT2D eigenvalue weighted by molar-refractivity contribution is 5.74. The van der Waals surface area contributed by atoms with Crippen LogP contribution in [-0.4, -0.2) is 39.5 Å². The van der Waals surface area contributed by atoms with E-state index in [9.17, 15) is 4.79 Å². The number of rotatable bonds is 3. The van der Waals surface area contributed by atoms with Crippen LogP contribution in [0.25, 0.3) is 11.0 Å². The number of fused-ring (bicyclic) bond motifs is 1. The number of hydrogen-bond acceptors (Lipinski definition) is 5. The molecular weight excluding hydrogens is 282 g/mol. The largest absolute Gasteiger partial charge is 0.377 e. The summed E-state index contributed by atoms with van der Waals surface area (Å²) in [4.78, 5) is 19.5. The molecule has 118 valence electrons. The lowest BCUT2D eigenvalue weighted by molar-refractivity contribution is 0.154. The fourth-order valence-corrected chi connectivity index (χ4v) is 2.42. The van der Waals surface area contributed by atoms with Crippen molar-refractivity contribution in [1.29, 1.82) is 0 Å². The summed E-state index contributed by atoms with van der Waals surface area (Å²) in [5.41, 5.74) is 1.45. The van der Waals surface area contributed by atoms with Crippen molar-refractivity contribution in [1.82, 2.24) is 19.7 Å². The summed E-state index contributed by atoms with van der Waals surface area (Å²) in [6, 6.07) is 0. The van der Waals surface area contributed by atoms with Gasteiger partial charge in [-0.3, -0.25) is 9.78 Å². The zero-order valence-electron chi connectivity index (χ0n) is 13.1. The molecule has 7 nitrogen and oxygen atoms in total. The van der Waals surface area contributed by atoms with Crippen LogP contribution in [0, 0.1) is 0 Å². The van der Waals surface area contributed by atoms with E-state index in [4.69, 9.17) is 4.74 Å². The zero-order chi connectivity index (χ0) is 15.7. The molecular formula is C15H21N5O2. The van der Waals surface area contributed by atoms with E-state index in [1.807, 2.05) is 20.8 Å². The summed E-state index contributed by atoms with van der Waals surface area (Å²) in [5.74, 6) is 0.468. The van der Waals surface area contributed by atoms with Crippen molar-refractivity contribution in [2.24, 2.45) is 0 Å². The molecule has 0 bridgehead atoms. The van der Waals surface area contributed by atoms with Crippen molar-refractivity contribution in [3.05, 3.63) is 28.2 Å². The summed E-state index contributed by atoms with van der Waals surface area (Å²) < 4.78 is 7.06. The fourth-order valence-electron chi connectivity index (χ4n) is 2.42. The third-order valence-corrected chi connectivity index (χ3v) is 3.61. The lowest BCUT2D eigenvalue weighted by atomic mass is 10.1. The van der Waals surface area contributed by atoms with Gasteiger partial charge in [-0.2, -0.15) is 10.1 Å². The van der Waals surface area contributed by atoms with E-state index >= 15 is 0 Å². The third kappa shape index (κ3) is 2.89. The first-order valence-corrected chi connectivity index (χ1v) is 7.43. The molecule has 0 unspecified atom stereocenters. The van der Waals surface area contributed by atoms with E-state index in [0.717, 1.165) is 13.0 Å². The van der Waals surface area contributed by atoms with Crippen LogP contribution >= 0.6 is 0 Å². The Balaban J connectivity index is 1.90. The second-order valence-corrected chi connectivity index (χ2v) is 6.42. The molecule has 22 heavy (non-hydrogen) atoms. The quantitative estimate of drug-likeness (QED) is 0.842. The van der Waals surface area contributed by atoms with Crippen molar-refractivity contribution in [3.63, 3.8) is 0 Å². The number of H-pyrrole nitrogens is 1. The molecule has 0 atom stereocenters. The SMILES string of the molecule is CC(C)(C)n1ncc2c(=O)[nH]c(NCC3=CCOCC3)nc21. The molecule has 0 aliphatic carbocycles. The lowest BCUT2D eigenvalue weighted by Crippen LogP contribution is -2.24. The average molecular weight is 303 g/mol. The lowest BCUT2D eigenvalue weighted by Gasteiger charge is -2.20. The van der Waals surface area contributed by atoms with Gasteiger partial charge < -0.3 is 10.1 Å². The van der Waals surface area contributed by atoms with Crippen LogP contribution in [-0.2, 0) is 10.3 Å². The van der Waals surface area contributed by atoms with E-state index in [1.165, 1.54) is 5.57 Å². The summed E-state index contributed by atoms with van der Waals surface area (Å²) >= 11 is 0. The van der Waals surface area contributed by atoms with E-state index in [0.29, 0.717) is 30.1 Å². The molecule has 3 heterocycles. The number of nitrogens with zero attached hydrogens (tertiary/aromatic N) is 3. The van der Waals surface area contributed by atoms with Crippen molar-refractivity contribution in [2.75, 3.05) is 25.1 Å². The van der Waals surface area contributed by atoms with Crippen LogP contribution in [0.4, 0.5) is 5.95 Å². The Bertz CT molecular complexity index is 766. The highest BCUT2D eigenvalue weighted by atomic mass is 16.5. The van der Waals surface area contributed by atoms with Crippen molar-refractivity contribution in [3.8, 4) is 0 Å². The van der Waals surface area contributed by atoms with Gasteiger partial charge >= 0.3 is 0 Å². The molecule has 0 saturated carbocycles. The second-order valence-electron chi connectivity index (χ2n) is 6.42. The topological polar surface area (TPSA) is 84.8 Å². The number of hydrogen-bond donors (Lipinski definition) is 2. The second kappa shape index (κ2) is 5.57. The Morgan fingerprint density at radius 2 is 2.27 bits per heavy atom. The van der Waals surface area contributed by atoms with Crippen LogP contribution in [0.2, 0.25) is 0 Å². The zero-order valence-corrected chi connectivity index (χ0v) is 13.1. The molecule has 2 aromatic heterocycles. The predicted molar refractivity (Wildman–Crippen MR) is 85.2 cm³/mol. The van der Waals surface area contributed by atoms with E-state index in [2.05, 4.69) is 26.5 Å². The number of anilines is 1. The first-order chi connectivity index (χ1) is 10.4. The predicted octanol–water partition coefficient (Wildman–Crippen LogP) is 1.63. The monoisotopic (exact) mass is 303 g/mol. The van der Waals surface area contributed by atoms with Gasteiger partial charge in [0, 0.05) is 6.54 Å². The molecule has 2 aromatic rings. The van der Waals surface area contributed by atoms with Gasteiger partial charge in [0.05, 0.1) is 24.9 Å². The maximum atomic E-state index is 12.2.